The first-order chi connectivity index (χ1) is 15.3. The molecule has 1 aliphatic heterocycles. The molecule has 0 atom stereocenters. The standard InChI is InChI=1S/C22H22F3N5OS/c1-32-21-26-10-13-30(21)18-5-2-15(3-6-18)20(31)28-17-8-11-29(12-9-17)19-7-4-16(14-27-19)22(23,24)25/h2-7,10,13-14,17H,8-9,11-12H2,1H3,(H,28,31). The number of carbonyl (C=O) groups excluding carboxylic acids is 1. The van der Waals surface area contributed by atoms with Crippen molar-refractivity contribution in [1.29, 1.82) is 0 Å². The van der Waals surface area contributed by atoms with Gasteiger partial charge in [0, 0.05) is 49.0 Å². The molecule has 1 fully saturated rings. The molecule has 6 nitrogen and oxygen atoms in total. The first-order valence-electron chi connectivity index (χ1n) is 10.1. The highest BCUT2D eigenvalue weighted by molar-refractivity contribution is 7.98. The van der Waals surface area contributed by atoms with E-state index in [1.54, 1.807) is 30.1 Å². The minimum absolute atomic E-state index is 0.00428. The normalized spacial score (nSPS) is 15.1. The van der Waals surface area contributed by atoms with Crippen LogP contribution in [0.25, 0.3) is 5.69 Å². The number of anilines is 1. The first-order valence-corrected chi connectivity index (χ1v) is 11.3. The van der Waals surface area contributed by atoms with E-state index in [0.717, 1.165) is 23.1 Å². The van der Waals surface area contributed by atoms with Crippen LogP contribution in [-0.4, -0.2) is 45.8 Å². The number of carbonyl (C=O) groups is 1. The van der Waals surface area contributed by atoms with E-state index in [4.69, 9.17) is 0 Å². The first kappa shape index (κ1) is 22.2. The average molecular weight is 462 g/mol. The third kappa shape index (κ3) is 4.90. The monoisotopic (exact) mass is 461 g/mol. The molecule has 168 valence electrons. The summed E-state index contributed by atoms with van der Waals surface area (Å²) in [7, 11) is 0. The zero-order valence-electron chi connectivity index (χ0n) is 17.3. The van der Waals surface area contributed by atoms with Gasteiger partial charge in [-0.15, -0.1) is 0 Å². The van der Waals surface area contributed by atoms with Crippen LogP contribution in [0.2, 0.25) is 0 Å². The number of hydrogen-bond acceptors (Lipinski definition) is 5. The second-order valence-corrected chi connectivity index (χ2v) is 8.24. The van der Waals surface area contributed by atoms with E-state index in [1.807, 2.05) is 34.1 Å². The Bertz CT molecular complexity index is 1060. The Morgan fingerprint density at radius 3 is 2.41 bits per heavy atom. The van der Waals surface area contributed by atoms with Crippen LogP contribution in [0, 0.1) is 0 Å². The zero-order valence-corrected chi connectivity index (χ0v) is 18.2. The lowest BCUT2D eigenvalue weighted by molar-refractivity contribution is -0.137. The molecular formula is C22H22F3N5OS. The van der Waals surface area contributed by atoms with Crippen molar-refractivity contribution in [2.75, 3.05) is 24.2 Å². The molecule has 4 rings (SSSR count). The molecule has 10 heteroatoms. The Morgan fingerprint density at radius 2 is 1.81 bits per heavy atom. The third-order valence-corrected chi connectivity index (χ3v) is 6.09. The van der Waals surface area contributed by atoms with Gasteiger partial charge in [-0.1, -0.05) is 11.8 Å². The van der Waals surface area contributed by atoms with Gasteiger partial charge in [0.05, 0.1) is 5.56 Å². The predicted molar refractivity (Wildman–Crippen MR) is 117 cm³/mol. The number of nitrogens with one attached hydrogen (secondary N) is 1. The van der Waals surface area contributed by atoms with Crippen molar-refractivity contribution >= 4 is 23.5 Å². The Hall–Kier alpha value is -3.01. The molecule has 3 aromatic rings. The van der Waals surface area contributed by atoms with Crippen molar-refractivity contribution in [2.24, 2.45) is 0 Å². The van der Waals surface area contributed by atoms with E-state index in [1.165, 1.54) is 6.07 Å². The minimum atomic E-state index is -4.39. The van der Waals surface area contributed by atoms with E-state index < -0.39 is 11.7 Å². The summed E-state index contributed by atoms with van der Waals surface area (Å²) >= 11 is 1.55. The van der Waals surface area contributed by atoms with Gasteiger partial charge >= 0.3 is 6.18 Å². The average Bonchev–Trinajstić information content (AvgIpc) is 3.28. The predicted octanol–water partition coefficient (Wildman–Crippen LogP) is 4.41. The van der Waals surface area contributed by atoms with Crippen molar-refractivity contribution in [3.63, 3.8) is 0 Å². The molecule has 0 aliphatic carbocycles. The molecule has 1 aliphatic rings. The maximum Gasteiger partial charge on any atom is 0.417 e. The lowest BCUT2D eigenvalue weighted by Crippen LogP contribution is -2.45. The summed E-state index contributed by atoms with van der Waals surface area (Å²) in [5.74, 6) is 0.376. The van der Waals surface area contributed by atoms with Crippen molar-refractivity contribution in [3.05, 3.63) is 66.1 Å². The number of pyridine rings is 1. The minimum Gasteiger partial charge on any atom is -0.356 e. The summed E-state index contributed by atoms with van der Waals surface area (Å²) in [6, 6.07) is 9.79. The zero-order chi connectivity index (χ0) is 22.7. The fourth-order valence-corrected chi connectivity index (χ4v) is 4.20. The summed E-state index contributed by atoms with van der Waals surface area (Å²) in [4.78, 5) is 22.8. The van der Waals surface area contributed by atoms with E-state index >= 15 is 0 Å². The van der Waals surface area contributed by atoms with Gasteiger partial charge < -0.3 is 10.2 Å². The molecule has 0 radical (unpaired) electrons. The molecule has 0 unspecified atom stereocenters. The maximum atomic E-state index is 12.7. The number of halogens is 3. The Morgan fingerprint density at radius 1 is 1.09 bits per heavy atom. The van der Waals surface area contributed by atoms with Gasteiger partial charge in [0.2, 0.25) is 0 Å². The van der Waals surface area contributed by atoms with Gasteiger partial charge in [-0.3, -0.25) is 9.36 Å². The van der Waals surface area contributed by atoms with Crippen molar-refractivity contribution < 1.29 is 18.0 Å². The summed E-state index contributed by atoms with van der Waals surface area (Å²) in [6.45, 7) is 1.22. The lowest BCUT2D eigenvalue weighted by atomic mass is 10.0. The number of nitrogens with zero attached hydrogens (tertiary/aromatic N) is 4. The van der Waals surface area contributed by atoms with Crippen molar-refractivity contribution in [2.45, 2.75) is 30.2 Å². The van der Waals surface area contributed by atoms with E-state index in [-0.39, 0.29) is 11.9 Å². The van der Waals surface area contributed by atoms with Crippen LogP contribution in [-0.2, 0) is 6.18 Å². The van der Waals surface area contributed by atoms with Crippen LogP contribution in [0.15, 0.2) is 60.1 Å². The van der Waals surface area contributed by atoms with Crippen LogP contribution >= 0.6 is 11.8 Å². The third-order valence-electron chi connectivity index (χ3n) is 5.43. The van der Waals surface area contributed by atoms with Crippen LogP contribution in [0.3, 0.4) is 0 Å². The fraction of sp³-hybridized carbons (Fsp3) is 0.318. The Labute approximate surface area is 187 Å². The lowest BCUT2D eigenvalue weighted by Gasteiger charge is -2.33. The second kappa shape index (κ2) is 9.23. The molecule has 0 bridgehead atoms. The van der Waals surface area contributed by atoms with Crippen molar-refractivity contribution in [3.8, 4) is 5.69 Å². The molecule has 0 spiro atoms. The summed E-state index contributed by atoms with van der Waals surface area (Å²) in [5, 5.41) is 3.93. The largest absolute Gasteiger partial charge is 0.417 e. The second-order valence-electron chi connectivity index (χ2n) is 7.47. The van der Waals surface area contributed by atoms with Gasteiger partial charge in [-0.05, 0) is 55.5 Å². The fourth-order valence-electron chi connectivity index (χ4n) is 3.67. The molecule has 2 aromatic heterocycles. The molecule has 3 heterocycles. The molecule has 1 N–H and O–H groups in total. The Kier molecular flexibility index (Phi) is 6.40. The SMILES string of the molecule is CSc1nccn1-c1ccc(C(=O)NC2CCN(c3ccc(C(F)(F)F)cn3)CC2)cc1. The van der Waals surface area contributed by atoms with E-state index in [0.29, 0.717) is 37.3 Å². The number of amides is 1. The molecular weight excluding hydrogens is 439 g/mol. The number of hydrogen-bond donors (Lipinski definition) is 1. The number of piperidine rings is 1. The topological polar surface area (TPSA) is 63.1 Å². The van der Waals surface area contributed by atoms with Crippen LogP contribution in [0.5, 0.6) is 0 Å². The summed E-state index contributed by atoms with van der Waals surface area (Å²) in [6.07, 6.45) is 3.42. The van der Waals surface area contributed by atoms with E-state index in [9.17, 15) is 18.0 Å². The maximum absolute atomic E-state index is 12.7. The van der Waals surface area contributed by atoms with Gasteiger partial charge in [0.25, 0.3) is 5.91 Å². The van der Waals surface area contributed by atoms with Crippen LogP contribution in [0.4, 0.5) is 19.0 Å². The number of imidazole rings is 1. The highest BCUT2D eigenvalue weighted by Crippen LogP contribution is 2.30. The molecule has 32 heavy (non-hydrogen) atoms. The number of alkyl halides is 3. The Balaban J connectivity index is 1.32. The summed E-state index contributed by atoms with van der Waals surface area (Å²) < 4.78 is 40.1. The summed E-state index contributed by atoms with van der Waals surface area (Å²) in [5.41, 5.74) is 0.749. The van der Waals surface area contributed by atoms with E-state index in [2.05, 4.69) is 15.3 Å². The molecule has 1 aromatic carbocycles. The van der Waals surface area contributed by atoms with Crippen LogP contribution in [0.1, 0.15) is 28.8 Å². The molecule has 1 saturated heterocycles. The van der Waals surface area contributed by atoms with Gasteiger partial charge in [-0.25, -0.2) is 9.97 Å². The number of rotatable bonds is 5. The molecule has 1 amide bonds. The highest BCUT2D eigenvalue weighted by atomic mass is 32.2. The highest BCUT2D eigenvalue weighted by Gasteiger charge is 2.31. The van der Waals surface area contributed by atoms with Gasteiger partial charge in [-0.2, -0.15) is 13.2 Å². The van der Waals surface area contributed by atoms with Gasteiger partial charge in [0.1, 0.15) is 5.82 Å². The van der Waals surface area contributed by atoms with Crippen molar-refractivity contribution in [1.82, 2.24) is 19.9 Å². The number of thioether (sulfide) groups is 1. The smallest absolute Gasteiger partial charge is 0.356 e. The molecule has 0 saturated carbocycles. The number of aromatic nitrogens is 3. The van der Waals surface area contributed by atoms with Gasteiger partial charge in [0.15, 0.2) is 5.16 Å². The number of benzene rings is 1. The quantitative estimate of drug-likeness (QED) is 0.571. The van der Waals surface area contributed by atoms with Crippen LogP contribution < -0.4 is 10.2 Å².